The summed E-state index contributed by atoms with van der Waals surface area (Å²) in [5.41, 5.74) is 3.62. The zero-order chi connectivity index (χ0) is 14.7. The molecule has 0 saturated carbocycles. The maximum Gasteiger partial charge on any atom is 0.119 e. The molecular formula is C19H23NO. The monoisotopic (exact) mass is 281 g/mol. The third-order valence-corrected chi connectivity index (χ3v) is 4.32. The van der Waals surface area contributed by atoms with Crippen LogP contribution in [0.2, 0.25) is 0 Å². The smallest absolute Gasteiger partial charge is 0.119 e. The fourth-order valence-corrected chi connectivity index (χ4v) is 3.47. The summed E-state index contributed by atoms with van der Waals surface area (Å²) in [5.74, 6) is 0. The second-order valence-corrected chi connectivity index (χ2v) is 5.69. The van der Waals surface area contributed by atoms with Crippen LogP contribution in [-0.4, -0.2) is 13.6 Å². The maximum absolute atomic E-state index is 6.62. The number of hydrogen-bond acceptors (Lipinski definition) is 2. The van der Waals surface area contributed by atoms with Crippen LogP contribution in [0.25, 0.3) is 0 Å². The van der Waals surface area contributed by atoms with Crippen molar-refractivity contribution in [2.45, 2.75) is 31.5 Å². The van der Waals surface area contributed by atoms with Gasteiger partial charge in [-0.05, 0) is 30.2 Å². The second kappa shape index (κ2) is 6.00. The Kier molecular flexibility index (Phi) is 4.09. The normalized spacial score (nSPS) is 24.0. The molecule has 0 amide bonds. The van der Waals surface area contributed by atoms with Gasteiger partial charge >= 0.3 is 0 Å². The van der Waals surface area contributed by atoms with E-state index >= 15 is 0 Å². The molecule has 0 fully saturated rings. The van der Waals surface area contributed by atoms with Gasteiger partial charge in [0.15, 0.2) is 0 Å². The third kappa shape index (κ3) is 2.39. The molecule has 2 aromatic rings. The highest BCUT2D eigenvalue weighted by Crippen LogP contribution is 2.49. The Balaban J connectivity index is 2.13. The highest BCUT2D eigenvalue weighted by Gasteiger charge is 2.44. The standard InChI is InChI=1S/C19H23NO/c1-3-13-19(15-9-5-4-6-10-15)17-12-8-7-11-16(17)18(21-19)14-20-2/h4-12,18,20H,3,13-14H2,1-2H3. The van der Waals surface area contributed by atoms with Gasteiger partial charge in [-0.15, -0.1) is 0 Å². The van der Waals surface area contributed by atoms with Crippen molar-refractivity contribution in [2.24, 2.45) is 0 Å². The molecule has 2 atom stereocenters. The summed E-state index contributed by atoms with van der Waals surface area (Å²) < 4.78 is 6.62. The van der Waals surface area contributed by atoms with Gasteiger partial charge in [-0.2, -0.15) is 0 Å². The summed E-state index contributed by atoms with van der Waals surface area (Å²) in [6.45, 7) is 3.07. The summed E-state index contributed by atoms with van der Waals surface area (Å²) in [6.07, 6.45) is 2.22. The number of ether oxygens (including phenoxy) is 1. The Morgan fingerprint density at radius 3 is 2.48 bits per heavy atom. The van der Waals surface area contributed by atoms with E-state index in [-0.39, 0.29) is 11.7 Å². The summed E-state index contributed by atoms with van der Waals surface area (Å²) >= 11 is 0. The second-order valence-electron chi connectivity index (χ2n) is 5.69. The number of fused-ring (bicyclic) bond motifs is 1. The Morgan fingerprint density at radius 1 is 1.05 bits per heavy atom. The van der Waals surface area contributed by atoms with Crippen LogP contribution in [0.4, 0.5) is 0 Å². The molecule has 0 aliphatic carbocycles. The quantitative estimate of drug-likeness (QED) is 0.893. The van der Waals surface area contributed by atoms with E-state index in [1.807, 2.05) is 7.05 Å². The van der Waals surface area contributed by atoms with Crippen LogP contribution in [0, 0.1) is 0 Å². The fraction of sp³-hybridized carbons (Fsp3) is 0.368. The molecule has 3 rings (SSSR count). The van der Waals surface area contributed by atoms with Crippen LogP contribution in [0.3, 0.4) is 0 Å². The molecule has 110 valence electrons. The summed E-state index contributed by atoms with van der Waals surface area (Å²) in [5, 5.41) is 3.26. The molecule has 1 aliphatic heterocycles. The van der Waals surface area contributed by atoms with Crippen LogP contribution in [0.15, 0.2) is 54.6 Å². The zero-order valence-corrected chi connectivity index (χ0v) is 12.8. The van der Waals surface area contributed by atoms with Crippen LogP contribution >= 0.6 is 0 Å². The predicted octanol–water partition coefficient (Wildman–Crippen LogP) is 4.02. The molecule has 0 saturated heterocycles. The third-order valence-electron chi connectivity index (χ3n) is 4.32. The van der Waals surface area contributed by atoms with E-state index < -0.39 is 0 Å². The molecule has 0 bridgehead atoms. The predicted molar refractivity (Wildman–Crippen MR) is 86.3 cm³/mol. The molecule has 2 aromatic carbocycles. The Bertz CT molecular complexity index is 596. The Hall–Kier alpha value is -1.64. The van der Waals surface area contributed by atoms with Gasteiger partial charge in [0.2, 0.25) is 0 Å². The van der Waals surface area contributed by atoms with Crippen molar-refractivity contribution < 1.29 is 4.74 Å². The first-order valence-electron chi connectivity index (χ1n) is 7.79. The van der Waals surface area contributed by atoms with Gasteiger partial charge in [-0.1, -0.05) is 67.9 Å². The SMILES string of the molecule is CCCC1(c2ccccc2)OC(CNC)c2ccccc21. The van der Waals surface area contributed by atoms with Crippen molar-refractivity contribution in [3.63, 3.8) is 0 Å². The lowest BCUT2D eigenvalue weighted by molar-refractivity contribution is -0.0530. The van der Waals surface area contributed by atoms with E-state index in [0.29, 0.717) is 0 Å². The van der Waals surface area contributed by atoms with E-state index in [1.165, 1.54) is 16.7 Å². The molecule has 1 N–H and O–H groups in total. The molecule has 2 unspecified atom stereocenters. The fourth-order valence-electron chi connectivity index (χ4n) is 3.47. The van der Waals surface area contributed by atoms with Gasteiger partial charge in [-0.25, -0.2) is 0 Å². The summed E-state index contributed by atoms with van der Waals surface area (Å²) in [4.78, 5) is 0. The van der Waals surface area contributed by atoms with E-state index in [4.69, 9.17) is 4.74 Å². The van der Waals surface area contributed by atoms with Gasteiger partial charge in [0, 0.05) is 6.54 Å². The molecule has 0 spiro atoms. The number of rotatable bonds is 5. The maximum atomic E-state index is 6.62. The summed E-state index contributed by atoms with van der Waals surface area (Å²) in [7, 11) is 1.98. The molecule has 1 aliphatic rings. The van der Waals surface area contributed by atoms with Gasteiger partial charge in [0.25, 0.3) is 0 Å². The van der Waals surface area contributed by atoms with Gasteiger partial charge in [0.05, 0.1) is 6.10 Å². The van der Waals surface area contributed by atoms with Crippen molar-refractivity contribution in [3.8, 4) is 0 Å². The van der Waals surface area contributed by atoms with Crippen LogP contribution in [0.5, 0.6) is 0 Å². The topological polar surface area (TPSA) is 21.3 Å². The minimum Gasteiger partial charge on any atom is -0.356 e. The Labute approximate surface area is 127 Å². The molecule has 0 aromatic heterocycles. The largest absolute Gasteiger partial charge is 0.356 e. The van der Waals surface area contributed by atoms with Crippen molar-refractivity contribution in [2.75, 3.05) is 13.6 Å². The Morgan fingerprint density at radius 2 is 1.76 bits per heavy atom. The number of benzene rings is 2. The van der Waals surface area contributed by atoms with Crippen LogP contribution in [-0.2, 0) is 10.3 Å². The molecule has 2 heteroatoms. The van der Waals surface area contributed by atoms with E-state index in [2.05, 4.69) is 66.8 Å². The highest BCUT2D eigenvalue weighted by atomic mass is 16.5. The lowest BCUT2D eigenvalue weighted by Crippen LogP contribution is -2.28. The van der Waals surface area contributed by atoms with Crippen molar-refractivity contribution >= 4 is 0 Å². The molecular weight excluding hydrogens is 258 g/mol. The first kappa shape index (κ1) is 14.3. The van der Waals surface area contributed by atoms with E-state index in [9.17, 15) is 0 Å². The molecule has 21 heavy (non-hydrogen) atoms. The minimum atomic E-state index is -0.298. The van der Waals surface area contributed by atoms with E-state index in [0.717, 1.165) is 19.4 Å². The van der Waals surface area contributed by atoms with Gasteiger partial charge < -0.3 is 10.1 Å². The molecule has 2 nitrogen and oxygen atoms in total. The first-order chi connectivity index (χ1) is 10.3. The highest BCUT2D eigenvalue weighted by molar-refractivity contribution is 5.45. The number of nitrogens with one attached hydrogen (secondary N) is 1. The van der Waals surface area contributed by atoms with E-state index in [1.54, 1.807) is 0 Å². The van der Waals surface area contributed by atoms with Crippen LogP contribution < -0.4 is 5.32 Å². The van der Waals surface area contributed by atoms with Crippen LogP contribution in [0.1, 0.15) is 42.6 Å². The van der Waals surface area contributed by atoms with Crippen molar-refractivity contribution in [1.82, 2.24) is 5.32 Å². The average molecular weight is 281 g/mol. The lowest BCUT2D eigenvalue weighted by Gasteiger charge is -2.31. The summed E-state index contributed by atoms with van der Waals surface area (Å²) in [6, 6.07) is 19.3. The zero-order valence-electron chi connectivity index (χ0n) is 12.8. The molecule has 1 heterocycles. The van der Waals surface area contributed by atoms with Gasteiger partial charge in [-0.3, -0.25) is 0 Å². The van der Waals surface area contributed by atoms with Crippen molar-refractivity contribution in [3.05, 3.63) is 71.3 Å². The molecule has 0 radical (unpaired) electrons. The average Bonchev–Trinajstić information content (AvgIpc) is 2.85. The first-order valence-corrected chi connectivity index (χ1v) is 7.79. The number of hydrogen-bond donors (Lipinski definition) is 1. The van der Waals surface area contributed by atoms with Crippen molar-refractivity contribution in [1.29, 1.82) is 0 Å². The van der Waals surface area contributed by atoms with Gasteiger partial charge in [0.1, 0.15) is 5.60 Å². The lowest BCUT2D eigenvalue weighted by atomic mass is 9.82. The minimum absolute atomic E-state index is 0.123. The number of likely N-dealkylation sites (N-methyl/N-ethyl adjacent to an activating group) is 1.